The minimum absolute atomic E-state index is 0.0478. The summed E-state index contributed by atoms with van der Waals surface area (Å²) in [5.74, 6) is 0. The van der Waals surface area contributed by atoms with Gasteiger partial charge in [0.05, 0.1) is 18.8 Å². The normalized spacial score (nSPS) is 29.9. The highest BCUT2D eigenvalue weighted by molar-refractivity contribution is 5.64. The molecule has 2 saturated heterocycles. The van der Waals surface area contributed by atoms with Gasteiger partial charge in [0.15, 0.2) is 6.29 Å². The van der Waals surface area contributed by atoms with E-state index >= 15 is 0 Å². The van der Waals surface area contributed by atoms with E-state index in [0.717, 1.165) is 52.9 Å². The molecule has 1 aliphatic carbocycles. The first kappa shape index (κ1) is 27.6. The lowest BCUT2D eigenvalue weighted by atomic mass is 9.65. The standard InChI is InChI=1S/C35H44N2O3/c1-34(2)17-30-18-35(3,22-34)23-37(30)20-31-16-32(27-9-7-24(21-38)8-10-27)40-33(39-31)28-13-11-26(12-14-28)29-6-4-5-25(15-29)19-36/h4-15,30-33,38H,16-23,36H2,1-3H3/t30?,31-,32+,33+,35?/m1/s1. The molecule has 3 aromatic rings. The molecule has 6 rings (SSSR count). The molecule has 2 aliphatic heterocycles. The molecule has 0 amide bonds. The van der Waals surface area contributed by atoms with E-state index in [2.05, 4.69) is 86.3 Å². The minimum atomic E-state index is -0.431. The number of ether oxygens (including phenoxy) is 2. The Balaban J connectivity index is 1.24. The zero-order chi connectivity index (χ0) is 27.9. The molecule has 40 heavy (non-hydrogen) atoms. The average Bonchev–Trinajstić information content (AvgIpc) is 3.20. The number of benzene rings is 3. The summed E-state index contributed by atoms with van der Waals surface area (Å²) in [5.41, 5.74) is 13.2. The van der Waals surface area contributed by atoms with E-state index in [1.54, 1.807) is 0 Å². The van der Waals surface area contributed by atoms with E-state index < -0.39 is 6.29 Å². The van der Waals surface area contributed by atoms with Crippen LogP contribution in [-0.4, -0.2) is 35.2 Å². The van der Waals surface area contributed by atoms with Gasteiger partial charge in [-0.15, -0.1) is 0 Å². The maximum atomic E-state index is 9.53. The van der Waals surface area contributed by atoms with E-state index in [1.807, 2.05) is 12.1 Å². The van der Waals surface area contributed by atoms with Gasteiger partial charge < -0.3 is 20.3 Å². The van der Waals surface area contributed by atoms with Crippen molar-refractivity contribution in [1.82, 2.24) is 4.90 Å². The quantitative estimate of drug-likeness (QED) is 0.347. The average molecular weight is 541 g/mol. The van der Waals surface area contributed by atoms with Crippen molar-refractivity contribution in [3.8, 4) is 11.1 Å². The van der Waals surface area contributed by atoms with Crippen LogP contribution in [0.4, 0.5) is 0 Å². The number of fused-ring (bicyclic) bond motifs is 2. The third kappa shape index (κ3) is 5.90. The molecule has 1 saturated carbocycles. The molecule has 212 valence electrons. The van der Waals surface area contributed by atoms with E-state index in [9.17, 15) is 5.11 Å². The van der Waals surface area contributed by atoms with Gasteiger partial charge in [-0.3, -0.25) is 4.90 Å². The second kappa shape index (κ2) is 11.0. The summed E-state index contributed by atoms with van der Waals surface area (Å²) in [6, 6.07) is 25.8. The molecule has 2 bridgehead atoms. The third-order valence-electron chi connectivity index (χ3n) is 9.26. The molecule has 3 aromatic carbocycles. The summed E-state index contributed by atoms with van der Waals surface area (Å²) in [6.07, 6.45) is 4.25. The number of likely N-dealkylation sites (tertiary alicyclic amines) is 1. The SMILES string of the molecule is CC1(C)CC2CC(C)(CN2C[C@H]2C[C@@H](c3ccc(CO)cc3)O[C@@H](c3ccc(-c4cccc(CN)c4)cc3)O2)C1. The number of aliphatic hydroxyl groups is 1. The second-order valence-electron chi connectivity index (χ2n) is 13.5. The van der Waals surface area contributed by atoms with Crippen molar-refractivity contribution >= 4 is 0 Å². The smallest absolute Gasteiger partial charge is 0.184 e. The van der Waals surface area contributed by atoms with Gasteiger partial charge in [-0.1, -0.05) is 87.5 Å². The molecule has 3 fully saturated rings. The van der Waals surface area contributed by atoms with Crippen molar-refractivity contribution in [2.45, 2.75) is 84.1 Å². The van der Waals surface area contributed by atoms with Crippen molar-refractivity contribution in [2.24, 2.45) is 16.6 Å². The Kier molecular flexibility index (Phi) is 7.62. The summed E-state index contributed by atoms with van der Waals surface area (Å²) in [5, 5.41) is 9.53. The summed E-state index contributed by atoms with van der Waals surface area (Å²) in [4.78, 5) is 2.71. The van der Waals surface area contributed by atoms with Crippen molar-refractivity contribution < 1.29 is 14.6 Å². The lowest BCUT2D eigenvalue weighted by Gasteiger charge is -2.41. The fourth-order valence-corrected chi connectivity index (χ4v) is 7.80. The van der Waals surface area contributed by atoms with E-state index in [1.165, 1.54) is 19.3 Å². The zero-order valence-corrected chi connectivity index (χ0v) is 24.2. The van der Waals surface area contributed by atoms with Crippen LogP contribution in [0.25, 0.3) is 11.1 Å². The van der Waals surface area contributed by atoms with Gasteiger partial charge in [0.1, 0.15) is 0 Å². The fraction of sp³-hybridized carbons (Fsp3) is 0.486. The fourth-order valence-electron chi connectivity index (χ4n) is 7.80. The van der Waals surface area contributed by atoms with Crippen molar-refractivity contribution in [3.05, 3.63) is 95.1 Å². The molecule has 3 aliphatic rings. The van der Waals surface area contributed by atoms with Crippen LogP contribution in [0.15, 0.2) is 72.8 Å². The Hall–Kier alpha value is -2.54. The van der Waals surface area contributed by atoms with Crippen LogP contribution in [0.5, 0.6) is 0 Å². The maximum Gasteiger partial charge on any atom is 0.184 e. The van der Waals surface area contributed by atoms with Crippen molar-refractivity contribution in [1.29, 1.82) is 0 Å². The Morgan fingerprint density at radius 2 is 1.62 bits per heavy atom. The number of aliphatic hydroxyl groups excluding tert-OH is 1. The van der Waals surface area contributed by atoms with Gasteiger partial charge >= 0.3 is 0 Å². The van der Waals surface area contributed by atoms with E-state index in [0.29, 0.717) is 23.4 Å². The largest absolute Gasteiger partial charge is 0.392 e. The maximum absolute atomic E-state index is 9.53. The van der Waals surface area contributed by atoms with Gasteiger partial charge in [-0.05, 0) is 64.0 Å². The highest BCUT2D eigenvalue weighted by Gasteiger charge is 2.50. The monoisotopic (exact) mass is 540 g/mol. The highest BCUT2D eigenvalue weighted by atomic mass is 16.7. The van der Waals surface area contributed by atoms with Crippen LogP contribution in [0.3, 0.4) is 0 Å². The summed E-state index contributed by atoms with van der Waals surface area (Å²) >= 11 is 0. The predicted octanol–water partition coefficient (Wildman–Crippen LogP) is 6.75. The molecule has 0 radical (unpaired) electrons. The minimum Gasteiger partial charge on any atom is -0.392 e. The third-order valence-corrected chi connectivity index (χ3v) is 9.26. The van der Waals surface area contributed by atoms with Crippen LogP contribution in [-0.2, 0) is 22.6 Å². The first-order valence-corrected chi connectivity index (χ1v) is 14.9. The Bertz CT molecular complexity index is 1300. The Morgan fingerprint density at radius 1 is 0.875 bits per heavy atom. The van der Waals surface area contributed by atoms with Gasteiger partial charge in [-0.25, -0.2) is 0 Å². The van der Waals surface area contributed by atoms with Crippen LogP contribution in [0.1, 0.15) is 81.1 Å². The van der Waals surface area contributed by atoms with Crippen LogP contribution < -0.4 is 5.73 Å². The van der Waals surface area contributed by atoms with Crippen LogP contribution in [0.2, 0.25) is 0 Å². The summed E-state index contributed by atoms with van der Waals surface area (Å²) in [7, 11) is 0. The molecule has 5 nitrogen and oxygen atoms in total. The zero-order valence-electron chi connectivity index (χ0n) is 24.2. The first-order chi connectivity index (χ1) is 19.2. The molecular weight excluding hydrogens is 496 g/mol. The number of nitrogens with zero attached hydrogens (tertiary/aromatic N) is 1. The number of nitrogens with two attached hydrogens (primary N) is 1. The second-order valence-corrected chi connectivity index (χ2v) is 13.5. The van der Waals surface area contributed by atoms with Gasteiger partial charge in [-0.2, -0.15) is 0 Å². The molecule has 3 N–H and O–H groups in total. The molecular formula is C35H44N2O3. The van der Waals surface area contributed by atoms with Crippen LogP contribution >= 0.6 is 0 Å². The summed E-state index contributed by atoms with van der Waals surface area (Å²) in [6.45, 7) is 10.0. The summed E-state index contributed by atoms with van der Waals surface area (Å²) < 4.78 is 13.4. The van der Waals surface area contributed by atoms with Crippen molar-refractivity contribution in [2.75, 3.05) is 13.1 Å². The van der Waals surface area contributed by atoms with Gasteiger partial charge in [0.2, 0.25) is 0 Å². The lowest BCUT2D eigenvalue weighted by Crippen LogP contribution is -2.42. The Labute approximate surface area is 239 Å². The van der Waals surface area contributed by atoms with Gasteiger partial charge in [0, 0.05) is 37.7 Å². The number of hydrogen-bond acceptors (Lipinski definition) is 5. The Morgan fingerprint density at radius 3 is 2.35 bits per heavy atom. The first-order valence-electron chi connectivity index (χ1n) is 14.9. The van der Waals surface area contributed by atoms with Crippen molar-refractivity contribution in [3.63, 3.8) is 0 Å². The topological polar surface area (TPSA) is 68.0 Å². The highest BCUT2D eigenvalue weighted by Crippen LogP contribution is 2.53. The molecule has 2 heterocycles. The molecule has 5 atom stereocenters. The van der Waals surface area contributed by atoms with E-state index in [4.69, 9.17) is 15.2 Å². The number of rotatable bonds is 7. The van der Waals surface area contributed by atoms with Gasteiger partial charge in [0.25, 0.3) is 0 Å². The molecule has 0 aromatic heterocycles. The van der Waals surface area contributed by atoms with Crippen LogP contribution in [0, 0.1) is 10.8 Å². The molecule has 2 unspecified atom stereocenters. The van der Waals surface area contributed by atoms with E-state index in [-0.39, 0.29) is 18.8 Å². The predicted molar refractivity (Wildman–Crippen MR) is 159 cm³/mol. The molecule has 5 heteroatoms. The molecule has 0 spiro atoms. The number of hydrogen-bond donors (Lipinski definition) is 2. The lowest BCUT2D eigenvalue weighted by molar-refractivity contribution is -0.253.